The number of carbonyl (C=O) groups is 5. The third-order valence-electron chi connectivity index (χ3n) is 4.83. The maximum Gasteiger partial charge on any atom is 0.325 e. The Kier molecular flexibility index (Phi) is 10.6. The van der Waals surface area contributed by atoms with Crippen molar-refractivity contribution in [2.24, 2.45) is 11.5 Å². The Balaban J connectivity index is 2.84. The highest BCUT2D eigenvalue weighted by molar-refractivity contribution is 7.98. The highest BCUT2D eigenvalue weighted by Gasteiger charge is 2.37. The zero-order valence-electron chi connectivity index (χ0n) is 17.3. The number of primary amides is 1. The van der Waals surface area contributed by atoms with E-state index in [1.807, 2.05) is 6.26 Å². The third-order valence-corrected chi connectivity index (χ3v) is 5.47. The lowest BCUT2D eigenvalue weighted by Gasteiger charge is -2.28. The number of carboxylic acids is 1. The number of amides is 4. The summed E-state index contributed by atoms with van der Waals surface area (Å²) in [6.45, 7) is 1.67. The zero-order valence-corrected chi connectivity index (χ0v) is 18.1. The summed E-state index contributed by atoms with van der Waals surface area (Å²) in [5.41, 5.74) is 11.1. The van der Waals surface area contributed by atoms with E-state index in [4.69, 9.17) is 16.6 Å². The Hall–Kier alpha value is -2.34. The van der Waals surface area contributed by atoms with Gasteiger partial charge in [-0.25, -0.2) is 0 Å². The molecule has 1 rings (SSSR count). The monoisotopic (exact) mass is 445 g/mol. The molecular weight excluding hydrogens is 414 g/mol. The third kappa shape index (κ3) is 7.82. The van der Waals surface area contributed by atoms with Crippen LogP contribution >= 0.6 is 11.8 Å². The second-order valence-electron chi connectivity index (χ2n) is 7.21. The summed E-state index contributed by atoms with van der Waals surface area (Å²) in [6.07, 6.45) is 3.17. The molecule has 1 fully saturated rings. The molecule has 11 nitrogen and oxygen atoms in total. The van der Waals surface area contributed by atoms with Gasteiger partial charge in [0.05, 0.1) is 6.04 Å². The molecule has 12 heteroatoms. The highest BCUT2D eigenvalue weighted by Crippen LogP contribution is 2.19. The van der Waals surface area contributed by atoms with Gasteiger partial charge in [-0.2, -0.15) is 11.8 Å². The SMILES string of the molecule is CSCCC(N)C(=O)N1CCCC1C(=O)NC(CCC(N)=O)C(=O)NC(C)C(=O)O. The van der Waals surface area contributed by atoms with Gasteiger partial charge in [0.2, 0.25) is 23.6 Å². The molecule has 30 heavy (non-hydrogen) atoms. The predicted molar refractivity (Wildman–Crippen MR) is 111 cm³/mol. The normalized spacial score (nSPS) is 18.9. The van der Waals surface area contributed by atoms with E-state index in [9.17, 15) is 24.0 Å². The van der Waals surface area contributed by atoms with Gasteiger partial charge < -0.3 is 32.1 Å². The van der Waals surface area contributed by atoms with E-state index in [2.05, 4.69) is 10.6 Å². The van der Waals surface area contributed by atoms with Crippen LogP contribution in [0.4, 0.5) is 0 Å². The molecule has 170 valence electrons. The molecule has 7 N–H and O–H groups in total. The molecule has 4 atom stereocenters. The minimum absolute atomic E-state index is 0.0901. The number of hydrogen-bond donors (Lipinski definition) is 5. The molecule has 1 aliphatic rings. The quantitative estimate of drug-likeness (QED) is 0.238. The number of carbonyl (C=O) groups excluding carboxylic acids is 4. The first-order valence-electron chi connectivity index (χ1n) is 9.75. The summed E-state index contributed by atoms with van der Waals surface area (Å²) < 4.78 is 0. The largest absolute Gasteiger partial charge is 0.480 e. The van der Waals surface area contributed by atoms with E-state index in [0.29, 0.717) is 31.6 Å². The van der Waals surface area contributed by atoms with E-state index in [1.54, 1.807) is 11.8 Å². The molecule has 1 aliphatic heterocycles. The van der Waals surface area contributed by atoms with Gasteiger partial charge in [-0.1, -0.05) is 0 Å². The van der Waals surface area contributed by atoms with Crippen LogP contribution in [0.1, 0.15) is 39.0 Å². The zero-order chi connectivity index (χ0) is 22.8. The minimum atomic E-state index is -1.24. The summed E-state index contributed by atoms with van der Waals surface area (Å²) in [5, 5.41) is 13.8. The van der Waals surface area contributed by atoms with Crippen molar-refractivity contribution in [3.8, 4) is 0 Å². The van der Waals surface area contributed by atoms with Crippen LogP contribution in [0.3, 0.4) is 0 Å². The minimum Gasteiger partial charge on any atom is -0.480 e. The molecule has 0 aromatic heterocycles. The number of nitrogens with zero attached hydrogens (tertiary/aromatic N) is 1. The van der Waals surface area contributed by atoms with Crippen LogP contribution in [0.5, 0.6) is 0 Å². The van der Waals surface area contributed by atoms with Crippen LogP contribution < -0.4 is 22.1 Å². The Morgan fingerprint density at radius 3 is 2.43 bits per heavy atom. The van der Waals surface area contributed by atoms with Gasteiger partial charge in [-0.15, -0.1) is 0 Å². The lowest BCUT2D eigenvalue weighted by molar-refractivity contribution is -0.142. The second-order valence-corrected chi connectivity index (χ2v) is 8.20. The molecule has 1 heterocycles. The lowest BCUT2D eigenvalue weighted by atomic mass is 10.1. The number of nitrogens with one attached hydrogen (secondary N) is 2. The Bertz CT molecular complexity index is 661. The number of thioether (sulfide) groups is 1. The number of hydrogen-bond acceptors (Lipinski definition) is 7. The molecule has 0 bridgehead atoms. The summed E-state index contributed by atoms with van der Waals surface area (Å²) in [7, 11) is 0. The number of rotatable bonds is 12. The van der Waals surface area contributed by atoms with Crippen LogP contribution in [-0.2, 0) is 24.0 Å². The fourth-order valence-electron chi connectivity index (χ4n) is 3.08. The van der Waals surface area contributed by atoms with Crippen molar-refractivity contribution < 1.29 is 29.1 Å². The molecule has 0 aromatic rings. The van der Waals surface area contributed by atoms with Crippen molar-refractivity contribution in [1.29, 1.82) is 0 Å². The standard InChI is InChI=1S/C18H31N5O6S/c1-10(18(28)29)21-15(25)12(5-6-14(20)24)22-16(26)13-4-3-8-23(13)17(27)11(19)7-9-30-2/h10-13H,3-9,19H2,1-2H3,(H2,20,24)(H,21,25)(H,22,26)(H,28,29). The van der Waals surface area contributed by atoms with Gasteiger partial charge in [-0.3, -0.25) is 24.0 Å². The Labute approximate surface area is 179 Å². The molecule has 4 amide bonds. The number of aliphatic carboxylic acids is 1. The first-order valence-corrected chi connectivity index (χ1v) is 11.1. The van der Waals surface area contributed by atoms with Gasteiger partial charge in [0.15, 0.2) is 0 Å². The van der Waals surface area contributed by atoms with Gasteiger partial charge in [0.1, 0.15) is 18.1 Å². The highest BCUT2D eigenvalue weighted by atomic mass is 32.2. The predicted octanol–water partition coefficient (Wildman–Crippen LogP) is -1.60. The van der Waals surface area contributed by atoms with Crippen molar-refractivity contribution in [2.75, 3.05) is 18.6 Å². The molecule has 4 unspecified atom stereocenters. The molecular formula is C18H31N5O6S. The summed E-state index contributed by atoms with van der Waals surface area (Å²) in [5.74, 6) is -2.80. The maximum atomic E-state index is 12.8. The topological polar surface area (TPSA) is 185 Å². The molecule has 1 saturated heterocycles. The lowest BCUT2D eigenvalue weighted by Crippen LogP contribution is -2.56. The Morgan fingerprint density at radius 1 is 1.20 bits per heavy atom. The molecule has 0 spiro atoms. The smallest absolute Gasteiger partial charge is 0.325 e. The van der Waals surface area contributed by atoms with Gasteiger partial charge in [0.25, 0.3) is 0 Å². The maximum absolute atomic E-state index is 12.8. The second kappa shape index (κ2) is 12.4. The van der Waals surface area contributed by atoms with Crippen molar-refractivity contribution in [3.63, 3.8) is 0 Å². The summed E-state index contributed by atoms with van der Waals surface area (Å²) in [4.78, 5) is 61.4. The first-order chi connectivity index (χ1) is 14.1. The van der Waals surface area contributed by atoms with Crippen molar-refractivity contribution in [3.05, 3.63) is 0 Å². The van der Waals surface area contributed by atoms with Gasteiger partial charge in [0, 0.05) is 13.0 Å². The molecule has 0 aromatic carbocycles. The summed E-state index contributed by atoms with van der Waals surface area (Å²) >= 11 is 1.57. The van der Waals surface area contributed by atoms with E-state index in [1.165, 1.54) is 11.8 Å². The average molecular weight is 446 g/mol. The first kappa shape index (κ1) is 25.7. The van der Waals surface area contributed by atoms with E-state index >= 15 is 0 Å². The molecule has 0 aliphatic carbocycles. The van der Waals surface area contributed by atoms with Gasteiger partial charge >= 0.3 is 5.97 Å². The van der Waals surface area contributed by atoms with Crippen LogP contribution in [0, 0.1) is 0 Å². The van der Waals surface area contributed by atoms with Crippen LogP contribution in [-0.4, -0.2) is 82.3 Å². The Morgan fingerprint density at radius 2 is 1.87 bits per heavy atom. The van der Waals surface area contributed by atoms with Crippen molar-refractivity contribution in [1.82, 2.24) is 15.5 Å². The molecule has 0 saturated carbocycles. The average Bonchev–Trinajstić information content (AvgIpc) is 3.17. The number of carboxylic acid groups (broad SMARTS) is 1. The molecule has 0 radical (unpaired) electrons. The number of likely N-dealkylation sites (tertiary alicyclic amines) is 1. The van der Waals surface area contributed by atoms with Crippen molar-refractivity contribution in [2.45, 2.75) is 63.2 Å². The van der Waals surface area contributed by atoms with E-state index in [0.717, 1.165) is 0 Å². The summed E-state index contributed by atoms with van der Waals surface area (Å²) in [6, 6.07) is -3.83. The van der Waals surface area contributed by atoms with Gasteiger partial charge in [-0.05, 0) is 44.6 Å². The van der Waals surface area contributed by atoms with E-state index < -0.39 is 47.9 Å². The fraction of sp³-hybridized carbons (Fsp3) is 0.722. The van der Waals surface area contributed by atoms with Crippen LogP contribution in [0.15, 0.2) is 0 Å². The number of nitrogens with two attached hydrogens (primary N) is 2. The van der Waals surface area contributed by atoms with E-state index in [-0.39, 0.29) is 18.7 Å². The van der Waals surface area contributed by atoms with Crippen LogP contribution in [0.2, 0.25) is 0 Å². The van der Waals surface area contributed by atoms with Crippen molar-refractivity contribution >= 4 is 41.4 Å². The van der Waals surface area contributed by atoms with Crippen LogP contribution in [0.25, 0.3) is 0 Å². The fourth-order valence-corrected chi connectivity index (χ4v) is 3.57.